The quantitative estimate of drug-likeness (QED) is 0.779. The molecule has 4 rings (SSSR count). The van der Waals surface area contributed by atoms with Gasteiger partial charge in [0.25, 0.3) is 0 Å². The number of hydrogen-bond donors (Lipinski definition) is 1. The lowest BCUT2D eigenvalue weighted by atomic mass is 10.1. The summed E-state index contributed by atoms with van der Waals surface area (Å²) < 4.78 is 58.6. The number of fused-ring (bicyclic) bond motifs is 1. The van der Waals surface area contributed by atoms with Gasteiger partial charge in [0, 0.05) is 41.5 Å². The molecule has 0 spiro atoms. The van der Waals surface area contributed by atoms with Crippen molar-refractivity contribution >= 4 is 27.3 Å². The van der Waals surface area contributed by atoms with Crippen molar-refractivity contribution in [2.45, 2.75) is 62.7 Å². The summed E-state index contributed by atoms with van der Waals surface area (Å²) in [6, 6.07) is 5.05. The molecular weight excluding hydrogens is 417 g/mol. The number of alkyl halides is 3. The standard InChI is InChI=1S/C15H22N2O2S2.C2HF3O2/c1-11-2-3-12(20-11)10-16-8-6-15-14(16)7-9-17(15)21(18,19)13-4-5-13;3-2(4,5)1(6)7/h2-3,13-15H,4-10H2,1H3;(H,6,7)/t14-,15+;/m1./s1. The van der Waals surface area contributed by atoms with Crippen LogP contribution in [0.3, 0.4) is 0 Å². The van der Waals surface area contributed by atoms with E-state index < -0.39 is 22.2 Å². The number of rotatable bonds is 4. The van der Waals surface area contributed by atoms with Crippen molar-refractivity contribution in [3.63, 3.8) is 0 Å². The lowest BCUT2D eigenvalue weighted by molar-refractivity contribution is -0.192. The van der Waals surface area contributed by atoms with Crippen molar-refractivity contribution in [2.75, 3.05) is 13.1 Å². The third kappa shape index (κ3) is 4.69. The second kappa shape index (κ2) is 7.92. The average Bonchev–Trinajstić information content (AvgIpc) is 3.08. The molecule has 1 aliphatic carbocycles. The number of carboxylic acid groups (broad SMARTS) is 1. The van der Waals surface area contributed by atoms with E-state index in [9.17, 15) is 21.6 Å². The van der Waals surface area contributed by atoms with Crippen molar-refractivity contribution in [1.29, 1.82) is 0 Å². The van der Waals surface area contributed by atoms with Gasteiger partial charge in [-0.05, 0) is 44.7 Å². The summed E-state index contributed by atoms with van der Waals surface area (Å²) in [6.45, 7) is 4.88. The van der Waals surface area contributed by atoms with Crippen molar-refractivity contribution < 1.29 is 31.5 Å². The molecule has 3 aliphatic rings. The highest BCUT2D eigenvalue weighted by atomic mass is 32.2. The van der Waals surface area contributed by atoms with Crippen LogP contribution >= 0.6 is 11.3 Å². The summed E-state index contributed by atoms with van der Waals surface area (Å²) in [5, 5.41) is 7.06. The first kappa shape index (κ1) is 21.5. The van der Waals surface area contributed by atoms with Crippen molar-refractivity contribution in [3.8, 4) is 0 Å². The topological polar surface area (TPSA) is 77.9 Å². The van der Waals surface area contributed by atoms with Crippen LogP contribution in [0.1, 0.15) is 35.4 Å². The molecule has 3 heterocycles. The molecule has 158 valence electrons. The Morgan fingerprint density at radius 1 is 1.18 bits per heavy atom. The van der Waals surface area contributed by atoms with Gasteiger partial charge in [-0.1, -0.05) is 0 Å². The zero-order valence-electron chi connectivity index (χ0n) is 15.4. The van der Waals surface area contributed by atoms with E-state index in [0.717, 1.165) is 45.3 Å². The van der Waals surface area contributed by atoms with Crippen LogP contribution in [0.15, 0.2) is 12.1 Å². The number of carbonyl (C=O) groups is 1. The number of carboxylic acids is 1. The van der Waals surface area contributed by atoms with Crippen LogP contribution < -0.4 is 0 Å². The highest BCUT2D eigenvalue weighted by molar-refractivity contribution is 7.90. The maximum atomic E-state index is 12.5. The molecular formula is C17H23F3N2O4S2. The number of nitrogens with zero attached hydrogens (tertiary/aromatic N) is 2. The molecule has 0 amide bonds. The van der Waals surface area contributed by atoms with E-state index in [4.69, 9.17) is 9.90 Å². The van der Waals surface area contributed by atoms with Crippen LogP contribution in [-0.2, 0) is 21.4 Å². The maximum Gasteiger partial charge on any atom is 0.490 e. The summed E-state index contributed by atoms with van der Waals surface area (Å²) in [5.74, 6) is -2.76. The Kier molecular flexibility index (Phi) is 6.09. The number of aryl methyl sites for hydroxylation is 1. The van der Waals surface area contributed by atoms with E-state index in [1.54, 1.807) is 0 Å². The van der Waals surface area contributed by atoms with Gasteiger partial charge >= 0.3 is 12.1 Å². The second-order valence-corrected chi connectivity index (χ2v) is 10.9. The van der Waals surface area contributed by atoms with Gasteiger partial charge in [-0.15, -0.1) is 11.3 Å². The van der Waals surface area contributed by atoms with Crippen molar-refractivity contribution in [3.05, 3.63) is 21.9 Å². The molecule has 1 aromatic rings. The Labute approximate surface area is 166 Å². The highest BCUT2D eigenvalue weighted by Gasteiger charge is 2.51. The fourth-order valence-corrected chi connectivity index (χ4v) is 6.89. The van der Waals surface area contributed by atoms with E-state index in [2.05, 4.69) is 24.0 Å². The minimum Gasteiger partial charge on any atom is -0.475 e. The summed E-state index contributed by atoms with van der Waals surface area (Å²) in [6.07, 6.45) is -1.34. The van der Waals surface area contributed by atoms with Gasteiger partial charge in [-0.2, -0.15) is 17.5 Å². The molecule has 6 nitrogen and oxygen atoms in total. The zero-order valence-corrected chi connectivity index (χ0v) is 17.0. The minimum atomic E-state index is -5.08. The molecule has 0 aromatic carbocycles. The van der Waals surface area contributed by atoms with Gasteiger partial charge in [-0.25, -0.2) is 13.2 Å². The molecule has 2 atom stereocenters. The predicted molar refractivity (Wildman–Crippen MR) is 98.6 cm³/mol. The Hall–Kier alpha value is -1.17. The lowest BCUT2D eigenvalue weighted by Crippen LogP contribution is -2.40. The van der Waals surface area contributed by atoms with E-state index in [1.807, 2.05) is 15.6 Å². The van der Waals surface area contributed by atoms with Crippen LogP contribution in [0.5, 0.6) is 0 Å². The molecule has 1 N–H and O–H groups in total. The van der Waals surface area contributed by atoms with Crippen LogP contribution in [0.4, 0.5) is 13.2 Å². The van der Waals surface area contributed by atoms with Crippen LogP contribution in [0, 0.1) is 6.92 Å². The van der Waals surface area contributed by atoms with Gasteiger partial charge in [0.2, 0.25) is 10.0 Å². The van der Waals surface area contributed by atoms with Crippen molar-refractivity contribution in [1.82, 2.24) is 9.21 Å². The van der Waals surface area contributed by atoms with Crippen LogP contribution in [0.25, 0.3) is 0 Å². The Morgan fingerprint density at radius 2 is 1.79 bits per heavy atom. The van der Waals surface area contributed by atoms with E-state index in [1.165, 1.54) is 9.75 Å². The van der Waals surface area contributed by atoms with Crippen LogP contribution in [-0.4, -0.2) is 65.3 Å². The minimum absolute atomic E-state index is 0.0646. The number of likely N-dealkylation sites (tertiary alicyclic amines) is 1. The van der Waals surface area contributed by atoms with Gasteiger partial charge in [0.05, 0.1) is 5.25 Å². The first-order valence-corrected chi connectivity index (χ1v) is 11.4. The first-order chi connectivity index (χ1) is 13.0. The van der Waals surface area contributed by atoms with Gasteiger partial charge < -0.3 is 5.11 Å². The Balaban J connectivity index is 0.000000279. The molecule has 28 heavy (non-hydrogen) atoms. The predicted octanol–water partition coefficient (Wildman–Crippen LogP) is 2.83. The molecule has 2 aliphatic heterocycles. The van der Waals surface area contributed by atoms with E-state index in [0.29, 0.717) is 6.04 Å². The third-order valence-electron chi connectivity index (χ3n) is 5.31. The largest absolute Gasteiger partial charge is 0.490 e. The third-order valence-corrected chi connectivity index (χ3v) is 8.72. The molecule has 3 fully saturated rings. The lowest BCUT2D eigenvalue weighted by Gasteiger charge is -2.25. The molecule has 1 saturated carbocycles. The Morgan fingerprint density at radius 3 is 2.29 bits per heavy atom. The zero-order chi connectivity index (χ0) is 20.7. The van der Waals surface area contributed by atoms with Crippen LogP contribution in [0.2, 0.25) is 0 Å². The average molecular weight is 441 g/mol. The Bertz CT molecular complexity index is 821. The molecule has 0 unspecified atom stereocenters. The molecule has 0 radical (unpaired) electrons. The fraction of sp³-hybridized carbons (Fsp3) is 0.706. The molecule has 2 saturated heterocycles. The number of halogens is 3. The number of hydrogen-bond acceptors (Lipinski definition) is 5. The monoisotopic (exact) mass is 440 g/mol. The van der Waals surface area contributed by atoms with E-state index >= 15 is 0 Å². The second-order valence-electron chi connectivity index (χ2n) is 7.35. The fourth-order valence-electron chi connectivity index (χ4n) is 3.88. The maximum absolute atomic E-state index is 12.5. The number of thiophene rings is 1. The van der Waals surface area contributed by atoms with Gasteiger partial charge in [-0.3, -0.25) is 4.90 Å². The van der Waals surface area contributed by atoms with Crippen molar-refractivity contribution in [2.24, 2.45) is 0 Å². The molecule has 11 heteroatoms. The summed E-state index contributed by atoms with van der Waals surface area (Å²) in [7, 11) is -3.00. The summed E-state index contributed by atoms with van der Waals surface area (Å²) in [4.78, 5) is 14.1. The summed E-state index contributed by atoms with van der Waals surface area (Å²) >= 11 is 1.86. The van der Waals surface area contributed by atoms with Gasteiger partial charge in [0.1, 0.15) is 0 Å². The van der Waals surface area contributed by atoms with Gasteiger partial charge in [0.15, 0.2) is 0 Å². The SMILES string of the molecule is Cc1ccc(CN2CC[C@H]3[C@H]2CCN3S(=O)(=O)C2CC2)s1.O=C(O)C(F)(F)F. The smallest absolute Gasteiger partial charge is 0.475 e. The summed E-state index contributed by atoms with van der Waals surface area (Å²) in [5.41, 5.74) is 0. The first-order valence-electron chi connectivity index (χ1n) is 9.10. The number of sulfonamides is 1. The molecule has 0 bridgehead atoms. The molecule has 1 aromatic heterocycles. The number of aliphatic carboxylic acids is 1. The highest BCUT2D eigenvalue weighted by Crippen LogP contribution is 2.40. The van der Waals surface area contributed by atoms with E-state index in [-0.39, 0.29) is 11.3 Å². The normalized spacial score (nSPS) is 26.0.